The van der Waals surface area contributed by atoms with Crippen molar-refractivity contribution in [2.75, 3.05) is 24.5 Å². The molecule has 1 N–H and O–H groups in total. The van der Waals surface area contributed by atoms with E-state index in [9.17, 15) is 4.79 Å². The van der Waals surface area contributed by atoms with E-state index >= 15 is 0 Å². The van der Waals surface area contributed by atoms with Gasteiger partial charge in [-0.25, -0.2) is 0 Å². The molecule has 1 amide bonds. The molecule has 0 spiro atoms. The summed E-state index contributed by atoms with van der Waals surface area (Å²) in [5.41, 5.74) is 1.71. The first kappa shape index (κ1) is 10.5. The molecule has 0 aromatic heterocycles. The number of nitrogens with zero attached hydrogens (tertiary/aromatic N) is 2. The minimum Gasteiger partial charge on any atom is -0.370 e. The fourth-order valence-corrected chi connectivity index (χ4v) is 1.95. The smallest absolute Gasteiger partial charge is 0.207 e. The average Bonchev–Trinajstić information content (AvgIpc) is 2.28. The predicted octanol–water partition coefficient (Wildman–Crippen LogP) is 0.740. The maximum Gasteiger partial charge on any atom is 0.207 e. The highest BCUT2D eigenvalue weighted by Crippen LogP contribution is 2.26. The molecule has 4 heteroatoms. The maximum atomic E-state index is 10.1. The molecular weight excluding hydrogens is 202 g/mol. The fraction of sp³-hybridized carbons (Fsp3) is 0.333. The maximum absolute atomic E-state index is 10.1. The number of para-hydroxylation sites is 1. The molecule has 16 heavy (non-hydrogen) atoms. The van der Waals surface area contributed by atoms with Gasteiger partial charge in [-0.1, -0.05) is 12.1 Å². The minimum atomic E-state index is 0.497. The fourth-order valence-electron chi connectivity index (χ4n) is 1.95. The number of hydrogen-bond acceptors (Lipinski definition) is 3. The molecule has 0 atom stereocenters. The van der Waals surface area contributed by atoms with Crippen molar-refractivity contribution in [2.45, 2.75) is 0 Å². The topological polar surface area (TPSA) is 56.1 Å². The van der Waals surface area contributed by atoms with Crippen LogP contribution in [0.15, 0.2) is 24.3 Å². The molecule has 1 aliphatic rings. The lowest BCUT2D eigenvalue weighted by atomic mass is 9.98. The monoisotopic (exact) mass is 215 g/mol. The Morgan fingerprint density at radius 3 is 2.94 bits per heavy atom. The molecule has 1 fully saturated rings. The Kier molecular flexibility index (Phi) is 3.06. The summed E-state index contributed by atoms with van der Waals surface area (Å²) in [5.74, 6) is 0.497. The Morgan fingerprint density at radius 2 is 2.25 bits per heavy atom. The van der Waals surface area contributed by atoms with Gasteiger partial charge in [0.2, 0.25) is 6.41 Å². The zero-order valence-corrected chi connectivity index (χ0v) is 8.89. The zero-order chi connectivity index (χ0) is 11.4. The summed E-state index contributed by atoms with van der Waals surface area (Å²) in [7, 11) is 0. The van der Waals surface area contributed by atoms with E-state index in [2.05, 4.69) is 16.3 Å². The van der Waals surface area contributed by atoms with Gasteiger partial charge in [0.1, 0.15) is 6.07 Å². The molecule has 1 aliphatic heterocycles. The van der Waals surface area contributed by atoms with Crippen molar-refractivity contribution in [1.29, 1.82) is 5.26 Å². The summed E-state index contributed by atoms with van der Waals surface area (Å²) in [6.45, 7) is 2.52. The first-order valence-corrected chi connectivity index (χ1v) is 5.26. The van der Waals surface area contributed by atoms with Crippen LogP contribution in [0, 0.1) is 17.2 Å². The summed E-state index contributed by atoms with van der Waals surface area (Å²) in [4.78, 5) is 12.3. The minimum absolute atomic E-state index is 0.497. The normalized spacial score (nSPS) is 15.1. The Hall–Kier alpha value is -2.02. The molecule has 1 saturated heterocycles. The number of benzene rings is 1. The Balaban J connectivity index is 1.96. The van der Waals surface area contributed by atoms with Gasteiger partial charge in [0, 0.05) is 25.6 Å². The number of carbonyl (C=O) groups excluding carboxylic acids is 1. The Morgan fingerprint density at radius 1 is 1.50 bits per heavy atom. The predicted molar refractivity (Wildman–Crippen MR) is 60.9 cm³/mol. The van der Waals surface area contributed by atoms with Crippen LogP contribution in [0.4, 0.5) is 5.69 Å². The summed E-state index contributed by atoms with van der Waals surface area (Å²) < 4.78 is 0. The largest absolute Gasteiger partial charge is 0.370 e. The van der Waals surface area contributed by atoms with Crippen molar-refractivity contribution in [3.63, 3.8) is 0 Å². The molecule has 82 valence electrons. The van der Waals surface area contributed by atoms with Crippen LogP contribution in [-0.2, 0) is 4.79 Å². The van der Waals surface area contributed by atoms with Gasteiger partial charge in [0.05, 0.1) is 11.3 Å². The van der Waals surface area contributed by atoms with Crippen LogP contribution in [0.25, 0.3) is 0 Å². The van der Waals surface area contributed by atoms with Gasteiger partial charge in [0.15, 0.2) is 0 Å². The summed E-state index contributed by atoms with van der Waals surface area (Å²) in [6.07, 6.45) is 0.728. The third-order valence-corrected chi connectivity index (χ3v) is 2.81. The lowest BCUT2D eigenvalue weighted by molar-refractivity contribution is -0.109. The highest BCUT2D eigenvalue weighted by Gasteiger charge is 2.27. The molecule has 1 aromatic carbocycles. The summed E-state index contributed by atoms with van der Waals surface area (Å²) >= 11 is 0. The van der Waals surface area contributed by atoms with Gasteiger partial charge >= 0.3 is 0 Å². The van der Waals surface area contributed by atoms with E-state index in [1.54, 1.807) is 0 Å². The van der Waals surface area contributed by atoms with E-state index in [0.717, 1.165) is 25.2 Å². The number of hydrogen-bond donors (Lipinski definition) is 1. The van der Waals surface area contributed by atoms with Crippen LogP contribution in [0.1, 0.15) is 5.56 Å². The van der Waals surface area contributed by atoms with Gasteiger partial charge in [0.25, 0.3) is 0 Å². The lowest BCUT2D eigenvalue weighted by Crippen LogP contribution is -2.51. The average molecular weight is 215 g/mol. The highest BCUT2D eigenvalue weighted by atomic mass is 16.1. The second kappa shape index (κ2) is 4.67. The number of carbonyl (C=O) groups is 1. The van der Waals surface area contributed by atoms with E-state index < -0.39 is 0 Å². The highest BCUT2D eigenvalue weighted by molar-refractivity contribution is 5.60. The number of anilines is 1. The van der Waals surface area contributed by atoms with E-state index in [4.69, 9.17) is 5.26 Å². The second-order valence-electron chi connectivity index (χ2n) is 3.93. The summed E-state index contributed by atoms with van der Waals surface area (Å²) in [6, 6.07) is 9.78. The first-order valence-electron chi connectivity index (χ1n) is 5.26. The van der Waals surface area contributed by atoms with Gasteiger partial charge in [-0.05, 0) is 12.1 Å². The van der Waals surface area contributed by atoms with Crippen molar-refractivity contribution in [1.82, 2.24) is 5.32 Å². The molecule has 1 heterocycles. The van der Waals surface area contributed by atoms with Crippen molar-refractivity contribution in [3.8, 4) is 6.07 Å². The number of nitrogens with one attached hydrogen (secondary N) is 1. The van der Waals surface area contributed by atoms with Crippen molar-refractivity contribution < 1.29 is 4.79 Å². The number of rotatable bonds is 4. The van der Waals surface area contributed by atoms with E-state index in [1.807, 2.05) is 24.3 Å². The summed E-state index contributed by atoms with van der Waals surface area (Å²) in [5, 5.41) is 11.6. The molecule has 4 nitrogen and oxygen atoms in total. The lowest BCUT2D eigenvalue weighted by Gasteiger charge is -2.41. The molecule has 2 rings (SSSR count). The molecule has 0 unspecified atom stereocenters. The van der Waals surface area contributed by atoms with E-state index in [-0.39, 0.29) is 0 Å². The molecule has 1 aromatic rings. The van der Waals surface area contributed by atoms with Crippen molar-refractivity contribution in [2.24, 2.45) is 5.92 Å². The standard InChI is InChI=1S/C12H13N3O/c13-5-11-3-1-2-4-12(11)15-7-10(8-15)6-14-9-16/h1-4,9-10H,6-8H2,(H,14,16). The Labute approximate surface area is 94.5 Å². The third kappa shape index (κ3) is 1.98. The van der Waals surface area contributed by atoms with Crippen LogP contribution >= 0.6 is 0 Å². The van der Waals surface area contributed by atoms with Crippen LogP contribution in [0.3, 0.4) is 0 Å². The quantitative estimate of drug-likeness (QED) is 0.754. The van der Waals surface area contributed by atoms with Gasteiger partial charge < -0.3 is 10.2 Å². The zero-order valence-electron chi connectivity index (χ0n) is 8.89. The van der Waals surface area contributed by atoms with Crippen LogP contribution < -0.4 is 10.2 Å². The van der Waals surface area contributed by atoms with Gasteiger partial charge in [-0.15, -0.1) is 0 Å². The van der Waals surface area contributed by atoms with E-state index in [0.29, 0.717) is 18.0 Å². The van der Waals surface area contributed by atoms with Crippen molar-refractivity contribution >= 4 is 12.1 Å². The van der Waals surface area contributed by atoms with Crippen LogP contribution in [0.5, 0.6) is 0 Å². The van der Waals surface area contributed by atoms with E-state index in [1.165, 1.54) is 0 Å². The van der Waals surface area contributed by atoms with Crippen LogP contribution in [0.2, 0.25) is 0 Å². The molecule has 0 aliphatic carbocycles. The molecule has 0 bridgehead atoms. The SMILES string of the molecule is N#Cc1ccccc1N1CC(CNC=O)C1. The molecular formula is C12H13N3O. The molecule has 0 radical (unpaired) electrons. The number of nitriles is 1. The van der Waals surface area contributed by atoms with Gasteiger partial charge in [-0.3, -0.25) is 4.79 Å². The third-order valence-electron chi connectivity index (χ3n) is 2.81. The molecule has 0 saturated carbocycles. The second-order valence-corrected chi connectivity index (χ2v) is 3.93. The van der Waals surface area contributed by atoms with Crippen molar-refractivity contribution in [3.05, 3.63) is 29.8 Å². The number of amides is 1. The van der Waals surface area contributed by atoms with Crippen LogP contribution in [-0.4, -0.2) is 26.0 Å². The van der Waals surface area contributed by atoms with Gasteiger partial charge in [-0.2, -0.15) is 5.26 Å². The Bertz CT molecular complexity index is 419. The first-order chi connectivity index (χ1) is 7.85.